The predicted octanol–water partition coefficient (Wildman–Crippen LogP) is 10.6. The van der Waals surface area contributed by atoms with E-state index in [1.165, 1.54) is 6.42 Å². The summed E-state index contributed by atoms with van der Waals surface area (Å²) in [5.74, 6) is 0.778. The number of fused-ring (bicyclic) bond motifs is 2. The summed E-state index contributed by atoms with van der Waals surface area (Å²) < 4.78 is 24.1. The molecule has 9 unspecified atom stereocenters. The number of carbonyl (C=O) groups excluding carboxylic acids is 3. The van der Waals surface area contributed by atoms with Crippen LogP contribution in [0.1, 0.15) is 151 Å². The van der Waals surface area contributed by atoms with Gasteiger partial charge in [0.1, 0.15) is 5.60 Å². The molecule has 8 rings (SSSR count). The first-order valence-electron chi connectivity index (χ1n) is 16.2. The van der Waals surface area contributed by atoms with Crippen molar-refractivity contribution in [2.75, 3.05) is 7.11 Å². The lowest BCUT2D eigenvalue weighted by Gasteiger charge is -2.59. The second kappa shape index (κ2) is 17.2. The minimum absolute atomic E-state index is 0. The van der Waals surface area contributed by atoms with E-state index in [1.807, 2.05) is 13.8 Å². The number of esters is 3. The molecule has 8 aliphatic rings. The molecule has 7 nitrogen and oxygen atoms in total. The fourth-order valence-electron chi connectivity index (χ4n) is 11.4. The summed E-state index contributed by atoms with van der Waals surface area (Å²) in [6.45, 7) is 8.01. The zero-order valence-corrected chi connectivity index (χ0v) is 24.9. The van der Waals surface area contributed by atoms with Crippen LogP contribution in [0.15, 0.2) is 0 Å². The Morgan fingerprint density at radius 3 is 1.79 bits per heavy atom. The maximum Gasteiger partial charge on any atom is 0.318 e. The molecule has 2 saturated heterocycles. The lowest BCUT2D eigenvalue weighted by Crippen LogP contribution is -2.59. The highest BCUT2D eigenvalue weighted by Gasteiger charge is 2.66. The summed E-state index contributed by atoms with van der Waals surface area (Å²) in [4.78, 5) is 41.2. The average molecular weight is 685 g/mol. The van der Waals surface area contributed by atoms with Crippen LogP contribution < -0.4 is 0 Å². The van der Waals surface area contributed by atoms with E-state index in [0.717, 1.165) is 69.6 Å². The number of hydrogen-bond donors (Lipinski definition) is 0. The largest absolute Gasteiger partial charge is 0.458 e. The Balaban J connectivity index is 0. The Bertz CT molecular complexity index is 1040. The number of hydrogen-bond acceptors (Lipinski definition) is 7. The van der Waals surface area contributed by atoms with Crippen molar-refractivity contribution in [3.63, 3.8) is 0 Å². The van der Waals surface area contributed by atoms with Crippen molar-refractivity contribution in [2.45, 2.75) is 169 Å². The van der Waals surface area contributed by atoms with E-state index in [9.17, 15) is 14.4 Å². The number of rotatable bonds is 6. The molecule has 0 amide bonds. The molecule has 6 aliphatic carbocycles. The Morgan fingerprint density at radius 2 is 1.27 bits per heavy atom. The Morgan fingerprint density at radius 1 is 0.750 bits per heavy atom. The Kier molecular flexibility index (Phi) is 17.4. The molecule has 48 heavy (non-hydrogen) atoms. The van der Waals surface area contributed by atoms with E-state index in [1.54, 1.807) is 7.11 Å². The first kappa shape index (κ1) is 48.6. The van der Waals surface area contributed by atoms with Gasteiger partial charge in [0.05, 0.1) is 23.4 Å². The monoisotopic (exact) mass is 685 g/mol. The molecule has 286 valence electrons. The highest BCUT2D eigenvalue weighted by Crippen LogP contribution is 2.63. The zero-order valence-electron chi connectivity index (χ0n) is 24.9. The van der Waals surface area contributed by atoms with Gasteiger partial charge in [0.25, 0.3) is 0 Å². The van der Waals surface area contributed by atoms with Crippen molar-refractivity contribution in [3.8, 4) is 0 Å². The topological polar surface area (TPSA) is 88.1 Å². The molecular weight excluding hydrogens is 604 g/mol. The molecule has 0 spiro atoms. The van der Waals surface area contributed by atoms with Gasteiger partial charge in [-0.15, -0.1) is 0 Å². The van der Waals surface area contributed by atoms with Crippen LogP contribution in [0.2, 0.25) is 0 Å². The Hall–Kier alpha value is -1.47. The normalized spacial score (nSPS) is 42.8. The van der Waals surface area contributed by atoms with Gasteiger partial charge in [-0.25, -0.2) is 0 Å². The number of cyclic esters (lactones) is 2. The third-order valence-corrected chi connectivity index (χ3v) is 13.3. The van der Waals surface area contributed by atoms with Gasteiger partial charge in [-0.05, 0) is 138 Å². The molecule has 0 aromatic rings. The minimum atomic E-state index is -1.16. The molecule has 2 aliphatic heterocycles. The maximum atomic E-state index is 14.2. The van der Waals surface area contributed by atoms with E-state index < -0.39 is 34.8 Å². The first-order valence-corrected chi connectivity index (χ1v) is 16.2. The molecule has 0 aromatic carbocycles. The Labute approximate surface area is 297 Å². The highest BCUT2D eigenvalue weighted by molar-refractivity contribution is 6.00. The SMILES string of the molecule is C.C.C.C.C.C.C.C.COC1CCC(C)C(C2C3CCC(C3)C2C2C(=O)OC(=O)C2C(C)(C)C(=O)OC2(C)C3CC4CC(C3)CC2C4)O1. The van der Waals surface area contributed by atoms with Crippen molar-refractivity contribution in [1.82, 2.24) is 0 Å². The molecule has 6 bridgehead atoms. The number of methoxy groups -OCH3 is 1. The summed E-state index contributed by atoms with van der Waals surface area (Å²) in [7, 11) is 1.69. The molecular formula is C41H80O7. The zero-order chi connectivity index (χ0) is 28.1. The van der Waals surface area contributed by atoms with E-state index in [-0.39, 0.29) is 89.6 Å². The van der Waals surface area contributed by atoms with Crippen molar-refractivity contribution >= 4 is 17.9 Å². The average Bonchev–Trinajstić information content (AvgIpc) is 3.60. The summed E-state index contributed by atoms with van der Waals surface area (Å²) in [6.07, 6.45) is 10.7. The smallest absolute Gasteiger partial charge is 0.318 e. The van der Waals surface area contributed by atoms with Crippen molar-refractivity contribution in [2.24, 2.45) is 70.5 Å². The van der Waals surface area contributed by atoms with Crippen LogP contribution in [-0.4, -0.2) is 43.0 Å². The fourth-order valence-corrected chi connectivity index (χ4v) is 11.4. The lowest BCUT2D eigenvalue weighted by molar-refractivity contribution is -0.222. The number of ether oxygens (including phenoxy) is 4. The van der Waals surface area contributed by atoms with Crippen LogP contribution in [0.25, 0.3) is 0 Å². The quantitative estimate of drug-likeness (QED) is 0.203. The molecule has 8 fully saturated rings. The lowest BCUT2D eigenvalue weighted by atomic mass is 9.50. The molecule has 0 N–H and O–H groups in total. The van der Waals surface area contributed by atoms with Crippen LogP contribution >= 0.6 is 0 Å². The second-order valence-corrected chi connectivity index (χ2v) is 15.7. The van der Waals surface area contributed by atoms with E-state index >= 15 is 0 Å². The predicted molar refractivity (Wildman–Crippen MR) is 199 cm³/mol. The van der Waals surface area contributed by atoms with Crippen LogP contribution in [0.4, 0.5) is 0 Å². The molecule has 7 heteroatoms. The van der Waals surface area contributed by atoms with Gasteiger partial charge < -0.3 is 18.9 Å². The highest BCUT2D eigenvalue weighted by atomic mass is 16.7. The molecule has 2 heterocycles. The van der Waals surface area contributed by atoms with E-state index in [0.29, 0.717) is 29.6 Å². The van der Waals surface area contributed by atoms with Crippen molar-refractivity contribution in [3.05, 3.63) is 0 Å². The summed E-state index contributed by atoms with van der Waals surface area (Å²) >= 11 is 0. The third-order valence-electron chi connectivity index (χ3n) is 13.3. The van der Waals surface area contributed by atoms with Gasteiger partial charge >= 0.3 is 17.9 Å². The van der Waals surface area contributed by atoms with E-state index in [2.05, 4.69) is 13.8 Å². The van der Waals surface area contributed by atoms with Gasteiger partial charge in [0.15, 0.2) is 6.29 Å². The van der Waals surface area contributed by atoms with Crippen LogP contribution in [0.3, 0.4) is 0 Å². The summed E-state index contributed by atoms with van der Waals surface area (Å²) in [5, 5.41) is 0. The fraction of sp³-hybridized carbons (Fsp3) is 0.927. The minimum Gasteiger partial charge on any atom is -0.458 e. The van der Waals surface area contributed by atoms with E-state index in [4.69, 9.17) is 18.9 Å². The molecule has 0 radical (unpaired) electrons. The van der Waals surface area contributed by atoms with Crippen molar-refractivity contribution < 1.29 is 33.3 Å². The van der Waals surface area contributed by atoms with Gasteiger partial charge in [-0.2, -0.15) is 0 Å². The van der Waals surface area contributed by atoms with Gasteiger partial charge in [-0.1, -0.05) is 66.3 Å². The number of carbonyl (C=O) groups is 3. The molecule has 6 saturated carbocycles. The maximum absolute atomic E-state index is 14.2. The second-order valence-electron chi connectivity index (χ2n) is 15.7. The van der Waals surface area contributed by atoms with Crippen LogP contribution in [0.5, 0.6) is 0 Å². The van der Waals surface area contributed by atoms with Crippen LogP contribution in [-0.2, 0) is 33.3 Å². The first-order chi connectivity index (χ1) is 19.0. The third kappa shape index (κ3) is 7.30. The molecule has 0 aromatic heterocycles. The van der Waals surface area contributed by atoms with Gasteiger partial charge in [0, 0.05) is 7.11 Å². The standard InChI is InChI=1S/C33H48O7.8CH4/c1-16-6-9-23(37-5)38-28(16)25-20-8-7-19(15-20)24(25)26-27(30(35)39-29(26)34)32(2,3)31(36)40-33(4)21-11-17-10-18(13-21)14-22(33)12-17;;;;;;;;/h16-28H,6-15H2,1-5H3;8*1H4. The van der Waals surface area contributed by atoms with Crippen LogP contribution in [0, 0.1) is 70.5 Å². The molecule has 9 atom stereocenters. The van der Waals surface area contributed by atoms with Gasteiger partial charge in [0.2, 0.25) is 0 Å². The van der Waals surface area contributed by atoms with Crippen molar-refractivity contribution in [1.29, 1.82) is 0 Å². The summed E-state index contributed by atoms with van der Waals surface area (Å²) in [5.41, 5.74) is -1.65. The van der Waals surface area contributed by atoms with Gasteiger partial charge in [-0.3, -0.25) is 14.4 Å². The summed E-state index contributed by atoms with van der Waals surface area (Å²) in [6, 6.07) is 0.